The largest absolute Gasteiger partial charge is 0.497 e. The number of carbonyl (C=O) groups excluding carboxylic acids is 2. The molecule has 1 fully saturated rings. The van der Waals surface area contributed by atoms with Gasteiger partial charge in [-0.15, -0.1) is 5.10 Å². The minimum absolute atomic E-state index is 0.0208. The van der Waals surface area contributed by atoms with E-state index in [-0.39, 0.29) is 24.5 Å². The molecule has 2 unspecified atom stereocenters. The molecule has 0 spiro atoms. The zero-order chi connectivity index (χ0) is 27.9. The van der Waals surface area contributed by atoms with E-state index in [0.717, 1.165) is 29.5 Å². The highest BCUT2D eigenvalue weighted by Crippen LogP contribution is 2.27. The second-order valence-electron chi connectivity index (χ2n) is 10.1. The number of hydrogen-bond donors (Lipinski definition) is 1. The number of methoxy groups -OCH3 is 1. The molecule has 9 nitrogen and oxygen atoms in total. The van der Waals surface area contributed by atoms with Gasteiger partial charge in [0, 0.05) is 19.7 Å². The molecule has 0 bridgehead atoms. The molecule has 2 heterocycles. The topological polar surface area (TPSA) is 98.6 Å². The van der Waals surface area contributed by atoms with Crippen LogP contribution in [0.25, 0.3) is 11.0 Å². The number of nitrogens with zero attached hydrogens (tertiary/aromatic N) is 4. The Labute approximate surface area is 234 Å². The molecule has 0 radical (unpaired) electrons. The predicted molar refractivity (Wildman–Crippen MR) is 152 cm³/mol. The Kier molecular flexibility index (Phi) is 8.71. The highest BCUT2D eigenvalue weighted by atomic mass is 16.5. The maximum Gasteiger partial charge on any atom is 0.247 e. The lowest BCUT2D eigenvalue weighted by Gasteiger charge is -2.32. The maximum atomic E-state index is 14.1. The first-order valence-corrected chi connectivity index (χ1v) is 13.7. The van der Waals surface area contributed by atoms with Gasteiger partial charge in [0.2, 0.25) is 11.8 Å². The molecule has 5 rings (SSSR count). The van der Waals surface area contributed by atoms with Gasteiger partial charge >= 0.3 is 0 Å². The smallest absolute Gasteiger partial charge is 0.247 e. The van der Waals surface area contributed by atoms with Gasteiger partial charge in [-0.3, -0.25) is 9.59 Å². The SMILES string of the molecule is COc1cccc(C(C(=O)NCC2CCCO2)N(CCc2ccccc2C)C(=O)Cn2nnc3ccccc32)c1. The molecule has 9 heteroatoms. The zero-order valence-electron chi connectivity index (χ0n) is 23.0. The lowest BCUT2D eigenvalue weighted by Crippen LogP contribution is -2.47. The van der Waals surface area contributed by atoms with Crippen LogP contribution in [0.2, 0.25) is 0 Å². The van der Waals surface area contributed by atoms with Crippen LogP contribution < -0.4 is 10.1 Å². The molecular weight excluding hydrogens is 506 g/mol. The number of aryl methyl sites for hydroxylation is 1. The van der Waals surface area contributed by atoms with Gasteiger partial charge in [-0.25, -0.2) is 4.68 Å². The number of aromatic nitrogens is 3. The number of carbonyl (C=O) groups is 2. The number of benzene rings is 3. The Hall–Kier alpha value is -4.24. The van der Waals surface area contributed by atoms with E-state index in [2.05, 4.69) is 34.7 Å². The van der Waals surface area contributed by atoms with Gasteiger partial charge in [0.05, 0.1) is 18.7 Å². The molecule has 1 aliphatic heterocycles. The summed E-state index contributed by atoms with van der Waals surface area (Å²) in [7, 11) is 1.59. The Morgan fingerprint density at radius 1 is 1.12 bits per heavy atom. The van der Waals surface area contributed by atoms with E-state index in [0.29, 0.717) is 42.9 Å². The molecule has 1 saturated heterocycles. The fourth-order valence-electron chi connectivity index (χ4n) is 5.18. The molecule has 2 atom stereocenters. The Balaban J connectivity index is 1.49. The molecule has 0 aliphatic carbocycles. The third kappa shape index (κ3) is 6.31. The standard InChI is InChI=1S/C31H35N5O4/c1-22-9-3-4-10-23(22)16-17-35(29(37)21-36-28-15-6-5-14-27(28)33-34-36)30(24-11-7-12-25(19-24)39-2)31(38)32-20-26-13-8-18-40-26/h3-7,9-12,14-15,19,26,30H,8,13,16-18,20-21H2,1-2H3,(H,32,38). The minimum atomic E-state index is -0.872. The van der Waals surface area contributed by atoms with Crippen LogP contribution in [0.15, 0.2) is 72.8 Å². The van der Waals surface area contributed by atoms with Crippen LogP contribution in [0.3, 0.4) is 0 Å². The summed E-state index contributed by atoms with van der Waals surface area (Å²) < 4.78 is 12.8. The number of para-hydroxylation sites is 1. The first-order chi connectivity index (χ1) is 19.5. The summed E-state index contributed by atoms with van der Waals surface area (Å²) in [5.74, 6) is 0.123. The first kappa shape index (κ1) is 27.3. The molecule has 40 heavy (non-hydrogen) atoms. The highest BCUT2D eigenvalue weighted by molar-refractivity contribution is 5.89. The van der Waals surface area contributed by atoms with Crippen LogP contribution in [0.4, 0.5) is 0 Å². The number of amides is 2. The Bertz CT molecular complexity index is 1460. The van der Waals surface area contributed by atoms with E-state index in [1.165, 1.54) is 0 Å². The van der Waals surface area contributed by atoms with E-state index in [1.807, 2.05) is 60.7 Å². The van der Waals surface area contributed by atoms with Gasteiger partial charge in [-0.2, -0.15) is 0 Å². The number of nitrogens with one attached hydrogen (secondary N) is 1. The van der Waals surface area contributed by atoms with Crippen molar-refractivity contribution in [2.24, 2.45) is 0 Å². The van der Waals surface area contributed by atoms with Gasteiger partial charge in [-0.1, -0.05) is 53.7 Å². The molecular formula is C31H35N5O4. The van der Waals surface area contributed by atoms with Crippen molar-refractivity contribution >= 4 is 22.8 Å². The van der Waals surface area contributed by atoms with Crippen molar-refractivity contribution in [3.05, 3.63) is 89.5 Å². The van der Waals surface area contributed by atoms with Gasteiger partial charge in [-0.05, 0) is 67.1 Å². The van der Waals surface area contributed by atoms with Crippen molar-refractivity contribution < 1.29 is 19.1 Å². The number of fused-ring (bicyclic) bond motifs is 1. The van der Waals surface area contributed by atoms with E-state index >= 15 is 0 Å². The van der Waals surface area contributed by atoms with Gasteiger partial charge in [0.15, 0.2) is 0 Å². The quantitative estimate of drug-likeness (QED) is 0.310. The fraction of sp³-hybridized carbons (Fsp3) is 0.355. The van der Waals surface area contributed by atoms with Crippen molar-refractivity contribution in [1.82, 2.24) is 25.2 Å². The van der Waals surface area contributed by atoms with Crippen molar-refractivity contribution in [1.29, 1.82) is 0 Å². The Morgan fingerprint density at radius 3 is 2.75 bits per heavy atom. The zero-order valence-corrected chi connectivity index (χ0v) is 23.0. The van der Waals surface area contributed by atoms with Crippen molar-refractivity contribution in [2.75, 3.05) is 26.8 Å². The molecule has 1 N–H and O–H groups in total. The molecule has 3 aromatic carbocycles. The molecule has 1 aliphatic rings. The predicted octanol–water partition coefficient (Wildman–Crippen LogP) is 3.86. The third-order valence-electron chi connectivity index (χ3n) is 7.41. The van der Waals surface area contributed by atoms with Crippen LogP contribution in [-0.2, 0) is 27.3 Å². The van der Waals surface area contributed by atoms with Crippen LogP contribution >= 0.6 is 0 Å². The Morgan fingerprint density at radius 2 is 1.95 bits per heavy atom. The van der Waals surface area contributed by atoms with E-state index < -0.39 is 6.04 Å². The number of hydrogen-bond acceptors (Lipinski definition) is 6. The summed E-state index contributed by atoms with van der Waals surface area (Å²) in [5, 5.41) is 11.5. The summed E-state index contributed by atoms with van der Waals surface area (Å²) in [6.45, 7) is 3.44. The van der Waals surface area contributed by atoms with Crippen LogP contribution in [0.1, 0.15) is 35.6 Å². The highest BCUT2D eigenvalue weighted by Gasteiger charge is 2.33. The normalized spacial score (nSPS) is 15.6. The van der Waals surface area contributed by atoms with Gasteiger partial charge < -0.3 is 19.7 Å². The monoisotopic (exact) mass is 541 g/mol. The lowest BCUT2D eigenvalue weighted by atomic mass is 10.0. The summed E-state index contributed by atoms with van der Waals surface area (Å²) in [6, 6.07) is 22.1. The number of ether oxygens (including phenoxy) is 2. The van der Waals surface area contributed by atoms with Crippen molar-refractivity contribution in [2.45, 2.75) is 44.9 Å². The van der Waals surface area contributed by atoms with Crippen LogP contribution in [0.5, 0.6) is 5.75 Å². The fourth-order valence-corrected chi connectivity index (χ4v) is 5.18. The number of rotatable bonds is 11. The summed E-state index contributed by atoms with van der Waals surface area (Å²) in [4.78, 5) is 29.7. The molecule has 4 aromatic rings. The third-order valence-corrected chi connectivity index (χ3v) is 7.41. The van der Waals surface area contributed by atoms with E-state index in [1.54, 1.807) is 16.7 Å². The van der Waals surface area contributed by atoms with Crippen LogP contribution in [0, 0.1) is 6.92 Å². The minimum Gasteiger partial charge on any atom is -0.497 e. The van der Waals surface area contributed by atoms with Crippen LogP contribution in [-0.4, -0.2) is 64.6 Å². The van der Waals surface area contributed by atoms with Crippen molar-refractivity contribution in [3.63, 3.8) is 0 Å². The average molecular weight is 542 g/mol. The molecule has 2 amide bonds. The first-order valence-electron chi connectivity index (χ1n) is 13.7. The van der Waals surface area contributed by atoms with Gasteiger partial charge in [0.1, 0.15) is 23.9 Å². The maximum absolute atomic E-state index is 14.1. The molecule has 1 aromatic heterocycles. The van der Waals surface area contributed by atoms with Crippen molar-refractivity contribution in [3.8, 4) is 5.75 Å². The van der Waals surface area contributed by atoms with E-state index in [9.17, 15) is 9.59 Å². The molecule has 0 saturated carbocycles. The summed E-state index contributed by atoms with van der Waals surface area (Å²) in [6.07, 6.45) is 2.45. The average Bonchev–Trinajstić information content (AvgIpc) is 3.65. The van der Waals surface area contributed by atoms with E-state index in [4.69, 9.17) is 9.47 Å². The molecule has 208 valence electrons. The summed E-state index contributed by atoms with van der Waals surface area (Å²) >= 11 is 0. The summed E-state index contributed by atoms with van der Waals surface area (Å²) in [5.41, 5.74) is 4.40. The lowest BCUT2D eigenvalue weighted by molar-refractivity contribution is -0.141. The second-order valence-corrected chi connectivity index (χ2v) is 10.1. The van der Waals surface area contributed by atoms with Gasteiger partial charge in [0.25, 0.3) is 0 Å². The second kappa shape index (κ2) is 12.7.